The number of nitrogens with one attached hydrogen (secondary N) is 1. The van der Waals surface area contributed by atoms with Gasteiger partial charge in [0, 0.05) is 12.1 Å². The van der Waals surface area contributed by atoms with Crippen molar-refractivity contribution in [3.63, 3.8) is 0 Å². The van der Waals surface area contributed by atoms with Crippen molar-refractivity contribution in [2.75, 3.05) is 20.0 Å². The van der Waals surface area contributed by atoms with E-state index in [1.807, 2.05) is 0 Å². The lowest BCUT2D eigenvalue weighted by atomic mass is 10.1. The normalized spacial score (nSPS) is 10.4. The largest absolute Gasteiger partial charge is 0.493 e. The lowest BCUT2D eigenvalue weighted by Crippen LogP contribution is -1.99. The number of anilines is 1. The number of benzene rings is 1. The van der Waals surface area contributed by atoms with Crippen molar-refractivity contribution in [3.8, 4) is 22.8 Å². The Kier molecular flexibility index (Phi) is 3.05. The maximum Gasteiger partial charge on any atom is 0.168 e. The first-order valence-electron chi connectivity index (χ1n) is 4.99. The van der Waals surface area contributed by atoms with Gasteiger partial charge in [-0.3, -0.25) is 5.10 Å². The Morgan fingerprint density at radius 1 is 1.11 bits per heavy atom. The average Bonchev–Trinajstić information content (AvgIpc) is 2.74. The van der Waals surface area contributed by atoms with Gasteiger partial charge in [0.25, 0.3) is 0 Å². The number of nitrogen functional groups attached to an aromatic ring is 1. The van der Waals surface area contributed by atoms with Crippen LogP contribution in [0, 0.1) is 11.6 Å². The molecule has 96 valence electrons. The summed E-state index contributed by atoms with van der Waals surface area (Å²) in [6.07, 6.45) is 0. The van der Waals surface area contributed by atoms with E-state index < -0.39 is 11.6 Å². The first kappa shape index (κ1) is 12.2. The van der Waals surface area contributed by atoms with Crippen LogP contribution in [0.5, 0.6) is 11.5 Å². The first-order chi connectivity index (χ1) is 8.58. The van der Waals surface area contributed by atoms with Gasteiger partial charge in [0.1, 0.15) is 5.82 Å². The second-order valence-corrected chi connectivity index (χ2v) is 3.49. The Balaban J connectivity index is 2.76. The molecule has 5 nitrogen and oxygen atoms in total. The van der Waals surface area contributed by atoms with Crippen molar-refractivity contribution in [2.45, 2.75) is 0 Å². The highest BCUT2D eigenvalue weighted by Gasteiger charge is 2.23. The SMILES string of the molecule is COc1c(F)cc(F)c(OC)c1-c1cc(N)n[nH]1. The van der Waals surface area contributed by atoms with E-state index in [1.165, 1.54) is 20.3 Å². The van der Waals surface area contributed by atoms with E-state index in [0.29, 0.717) is 11.8 Å². The Bertz CT molecular complexity index is 556. The third kappa shape index (κ3) is 1.83. The van der Waals surface area contributed by atoms with Gasteiger partial charge in [0.05, 0.1) is 25.5 Å². The molecule has 2 rings (SSSR count). The highest BCUT2D eigenvalue weighted by molar-refractivity contribution is 5.76. The van der Waals surface area contributed by atoms with Gasteiger partial charge >= 0.3 is 0 Å². The average molecular weight is 255 g/mol. The molecule has 1 heterocycles. The summed E-state index contributed by atoms with van der Waals surface area (Å²) in [6, 6.07) is 2.13. The number of rotatable bonds is 3. The predicted molar refractivity (Wildman–Crippen MR) is 61.5 cm³/mol. The molecule has 0 radical (unpaired) electrons. The number of halogens is 2. The smallest absolute Gasteiger partial charge is 0.168 e. The zero-order chi connectivity index (χ0) is 13.3. The van der Waals surface area contributed by atoms with Crippen molar-refractivity contribution >= 4 is 5.82 Å². The van der Waals surface area contributed by atoms with Gasteiger partial charge in [-0.2, -0.15) is 5.10 Å². The second kappa shape index (κ2) is 4.52. The van der Waals surface area contributed by atoms with Crippen LogP contribution in [-0.4, -0.2) is 24.4 Å². The fourth-order valence-corrected chi connectivity index (χ4v) is 1.69. The number of methoxy groups -OCH3 is 2. The fraction of sp³-hybridized carbons (Fsp3) is 0.182. The molecule has 0 unspecified atom stereocenters. The molecule has 0 saturated carbocycles. The molecule has 1 aromatic carbocycles. The topological polar surface area (TPSA) is 73.2 Å². The van der Waals surface area contributed by atoms with Crippen LogP contribution in [0.25, 0.3) is 11.3 Å². The highest BCUT2D eigenvalue weighted by atomic mass is 19.1. The zero-order valence-corrected chi connectivity index (χ0v) is 9.75. The van der Waals surface area contributed by atoms with Gasteiger partial charge in [-0.25, -0.2) is 8.78 Å². The Morgan fingerprint density at radius 2 is 1.67 bits per heavy atom. The minimum atomic E-state index is -0.834. The van der Waals surface area contributed by atoms with E-state index in [0.717, 1.165) is 0 Å². The third-order valence-corrected chi connectivity index (χ3v) is 2.42. The van der Waals surface area contributed by atoms with E-state index in [4.69, 9.17) is 15.2 Å². The molecule has 18 heavy (non-hydrogen) atoms. The number of nitrogens with zero attached hydrogens (tertiary/aromatic N) is 1. The van der Waals surface area contributed by atoms with Gasteiger partial charge in [0.2, 0.25) is 0 Å². The maximum absolute atomic E-state index is 13.6. The third-order valence-electron chi connectivity index (χ3n) is 2.42. The summed E-state index contributed by atoms with van der Waals surface area (Å²) < 4.78 is 37.1. The molecule has 0 aliphatic carbocycles. The summed E-state index contributed by atoms with van der Waals surface area (Å²) in [7, 11) is 2.55. The van der Waals surface area contributed by atoms with E-state index in [9.17, 15) is 8.78 Å². The molecule has 0 aliphatic heterocycles. The van der Waals surface area contributed by atoms with Gasteiger partial charge in [-0.1, -0.05) is 0 Å². The summed E-state index contributed by atoms with van der Waals surface area (Å²) in [4.78, 5) is 0. The quantitative estimate of drug-likeness (QED) is 0.879. The number of hydrogen-bond donors (Lipinski definition) is 2. The molecular weight excluding hydrogens is 244 g/mol. The van der Waals surface area contributed by atoms with Gasteiger partial charge < -0.3 is 15.2 Å². The monoisotopic (exact) mass is 255 g/mol. The van der Waals surface area contributed by atoms with Crippen LogP contribution in [0.3, 0.4) is 0 Å². The van der Waals surface area contributed by atoms with Crippen LogP contribution in [-0.2, 0) is 0 Å². The van der Waals surface area contributed by atoms with Gasteiger partial charge in [0.15, 0.2) is 23.1 Å². The molecule has 1 aromatic heterocycles. The summed E-state index contributed by atoms with van der Waals surface area (Å²) in [5, 5.41) is 6.26. The summed E-state index contributed by atoms with van der Waals surface area (Å²) in [5.41, 5.74) is 5.87. The van der Waals surface area contributed by atoms with Crippen molar-refractivity contribution in [1.82, 2.24) is 10.2 Å². The summed E-state index contributed by atoms with van der Waals surface area (Å²) >= 11 is 0. The lowest BCUT2D eigenvalue weighted by Gasteiger charge is -2.13. The van der Waals surface area contributed by atoms with Crippen LogP contribution in [0.4, 0.5) is 14.6 Å². The summed E-state index contributed by atoms with van der Waals surface area (Å²) in [6.45, 7) is 0. The minimum absolute atomic E-state index is 0.0988. The van der Waals surface area contributed by atoms with Crippen molar-refractivity contribution < 1.29 is 18.3 Å². The molecule has 0 aliphatic rings. The molecule has 0 saturated heterocycles. The molecular formula is C11H11F2N3O2. The van der Waals surface area contributed by atoms with Gasteiger partial charge in [-0.05, 0) is 0 Å². The van der Waals surface area contributed by atoms with Gasteiger partial charge in [-0.15, -0.1) is 0 Å². The van der Waals surface area contributed by atoms with Crippen molar-refractivity contribution in [3.05, 3.63) is 23.8 Å². The van der Waals surface area contributed by atoms with Crippen LogP contribution < -0.4 is 15.2 Å². The first-order valence-corrected chi connectivity index (χ1v) is 4.99. The van der Waals surface area contributed by atoms with E-state index in [2.05, 4.69) is 10.2 Å². The van der Waals surface area contributed by atoms with E-state index in [-0.39, 0.29) is 22.9 Å². The Labute approximate surface area is 102 Å². The van der Waals surface area contributed by atoms with Crippen molar-refractivity contribution in [1.29, 1.82) is 0 Å². The lowest BCUT2D eigenvalue weighted by molar-refractivity contribution is 0.361. The maximum atomic E-state index is 13.6. The molecule has 2 aromatic rings. The second-order valence-electron chi connectivity index (χ2n) is 3.49. The molecule has 0 atom stereocenters. The number of nitrogens with two attached hydrogens (primary N) is 1. The Hall–Kier alpha value is -2.31. The number of aromatic nitrogens is 2. The Morgan fingerprint density at radius 3 is 2.06 bits per heavy atom. The zero-order valence-electron chi connectivity index (χ0n) is 9.75. The summed E-state index contributed by atoms with van der Waals surface area (Å²) in [5.74, 6) is -1.76. The standard InChI is InChI=1S/C11H11F2N3O2/c1-17-10-5(12)3-6(13)11(18-2)9(10)7-4-8(14)16-15-7/h3-4H,1-2H3,(H3,14,15,16). The fourth-order valence-electron chi connectivity index (χ4n) is 1.69. The van der Waals surface area contributed by atoms with Crippen LogP contribution in [0.1, 0.15) is 0 Å². The highest BCUT2D eigenvalue weighted by Crippen LogP contribution is 2.41. The minimum Gasteiger partial charge on any atom is -0.493 e. The molecule has 0 fully saturated rings. The van der Waals surface area contributed by atoms with Crippen LogP contribution >= 0.6 is 0 Å². The molecule has 0 amide bonds. The number of hydrogen-bond acceptors (Lipinski definition) is 4. The van der Waals surface area contributed by atoms with Crippen LogP contribution in [0.15, 0.2) is 12.1 Å². The van der Waals surface area contributed by atoms with Crippen molar-refractivity contribution in [2.24, 2.45) is 0 Å². The van der Waals surface area contributed by atoms with E-state index in [1.54, 1.807) is 0 Å². The number of aromatic amines is 1. The number of ether oxygens (including phenoxy) is 2. The molecule has 0 bridgehead atoms. The predicted octanol–water partition coefficient (Wildman–Crippen LogP) is 1.95. The van der Waals surface area contributed by atoms with Crippen LogP contribution in [0.2, 0.25) is 0 Å². The molecule has 0 spiro atoms. The number of H-pyrrole nitrogens is 1. The molecule has 3 N–H and O–H groups in total. The van der Waals surface area contributed by atoms with E-state index >= 15 is 0 Å². The molecule has 7 heteroatoms.